The Morgan fingerprint density at radius 1 is 1.32 bits per heavy atom. The minimum Gasteiger partial charge on any atom is -0.393 e. The number of aliphatic hydroxyl groups is 1. The zero-order chi connectivity index (χ0) is 16.5. The van der Waals surface area contributed by atoms with Gasteiger partial charge in [-0.15, -0.1) is 0 Å². The summed E-state index contributed by atoms with van der Waals surface area (Å²) >= 11 is 11.7. The lowest BCUT2D eigenvalue weighted by Gasteiger charge is -2.15. The third-order valence-electron chi connectivity index (χ3n) is 2.87. The number of halogens is 2. The van der Waals surface area contributed by atoms with Gasteiger partial charge >= 0.3 is 6.03 Å². The number of carbonyl (C=O) groups excluding carboxylic acids is 1. The molecule has 0 aromatic carbocycles. The van der Waals surface area contributed by atoms with Gasteiger partial charge in [0.25, 0.3) is 0 Å². The largest absolute Gasteiger partial charge is 0.393 e. The second-order valence-electron chi connectivity index (χ2n) is 5.24. The second kappa shape index (κ2) is 9.71. The molecule has 0 fully saturated rings. The van der Waals surface area contributed by atoms with Gasteiger partial charge in [-0.25, -0.2) is 9.78 Å². The molecule has 0 bridgehead atoms. The van der Waals surface area contributed by atoms with Crippen LogP contribution < -0.4 is 16.0 Å². The molecule has 0 saturated heterocycles. The molecule has 2 atom stereocenters. The van der Waals surface area contributed by atoms with Crippen LogP contribution >= 0.6 is 23.2 Å². The van der Waals surface area contributed by atoms with E-state index in [2.05, 4.69) is 20.9 Å². The maximum atomic E-state index is 11.6. The van der Waals surface area contributed by atoms with Crippen LogP contribution in [-0.4, -0.2) is 41.9 Å². The molecule has 1 aromatic heterocycles. The molecule has 6 nitrogen and oxygen atoms in total. The van der Waals surface area contributed by atoms with E-state index in [9.17, 15) is 9.90 Å². The van der Waals surface area contributed by atoms with Crippen LogP contribution in [0.4, 0.5) is 10.6 Å². The number of rotatable bonds is 8. The first-order valence-electron chi connectivity index (χ1n) is 7.13. The fraction of sp³-hybridized carbons (Fsp3) is 0.571. The second-order valence-corrected chi connectivity index (χ2v) is 6.08. The van der Waals surface area contributed by atoms with Gasteiger partial charge in [0.2, 0.25) is 0 Å². The molecule has 0 radical (unpaired) electrons. The highest BCUT2D eigenvalue weighted by molar-refractivity contribution is 6.35. The molecule has 1 aromatic rings. The fourth-order valence-corrected chi connectivity index (χ4v) is 2.34. The molecule has 8 heteroatoms. The lowest BCUT2D eigenvalue weighted by molar-refractivity contribution is 0.163. The zero-order valence-electron chi connectivity index (χ0n) is 12.7. The Morgan fingerprint density at radius 2 is 2.05 bits per heavy atom. The average molecular weight is 349 g/mol. The summed E-state index contributed by atoms with van der Waals surface area (Å²) in [5.74, 6) is 0.750. The van der Waals surface area contributed by atoms with Crippen LogP contribution in [0, 0.1) is 5.92 Å². The quantitative estimate of drug-likeness (QED) is 0.543. The molecule has 0 aliphatic rings. The van der Waals surface area contributed by atoms with E-state index in [0.29, 0.717) is 41.9 Å². The zero-order valence-corrected chi connectivity index (χ0v) is 14.2. The van der Waals surface area contributed by atoms with E-state index in [1.54, 1.807) is 13.0 Å². The number of pyridine rings is 1. The molecule has 2 unspecified atom stereocenters. The Labute approximate surface area is 140 Å². The number of carbonyl (C=O) groups is 1. The maximum Gasteiger partial charge on any atom is 0.314 e. The summed E-state index contributed by atoms with van der Waals surface area (Å²) in [4.78, 5) is 15.6. The Morgan fingerprint density at radius 3 is 2.68 bits per heavy atom. The minimum atomic E-state index is -0.360. The predicted molar refractivity (Wildman–Crippen MR) is 89.6 cm³/mol. The van der Waals surface area contributed by atoms with Gasteiger partial charge in [0.15, 0.2) is 0 Å². The van der Waals surface area contributed by atoms with E-state index in [1.165, 1.54) is 6.20 Å². The third kappa shape index (κ3) is 7.68. The van der Waals surface area contributed by atoms with Crippen LogP contribution in [0.15, 0.2) is 12.3 Å². The Hall–Kier alpha value is -1.24. The molecule has 2 amide bonds. The first-order valence-corrected chi connectivity index (χ1v) is 7.88. The number of urea groups is 1. The van der Waals surface area contributed by atoms with E-state index < -0.39 is 0 Å². The van der Waals surface area contributed by atoms with E-state index in [1.807, 2.05) is 6.92 Å². The van der Waals surface area contributed by atoms with Crippen LogP contribution in [0.5, 0.6) is 0 Å². The number of aromatic nitrogens is 1. The van der Waals surface area contributed by atoms with Gasteiger partial charge in [-0.3, -0.25) is 0 Å². The van der Waals surface area contributed by atoms with E-state index in [0.717, 1.165) is 0 Å². The number of amides is 2. The van der Waals surface area contributed by atoms with Crippen molar-refractivity contribution < 1.29 is 9.90 Å². The number of aliphatic hydroxyl groups excluding tert-OH is 1. The fourth-order valence-electron chi connectivity index (χ4n) is 1.90. The Balaban J connectivity index is 2.17. The van der Waals surface area contributed by atoms with Crippen molar-refractivity contribution in [2.45, 2.75) is 26.4 Å². The highest BCUT2D eigenvalue weighted by atomic mass is 35.5. The topological polar surface area (TPSA) is 86.3 Å². The normalized spacial score (nSPS) is 13.3. The monoisotopic (exact) mass is 348 g/mol. The van der Waals surface area contributed by atoms with Crippen molar-refractivity contribution >= 4 is 35.1 Å². The van der Waals surface area contributed by atoms with E-state index >= 15 is 0 Å². The van der Waals surface area contributed by atoms with Gasteiger partial charge in [-0.1, -0.05) is 30.1 Å². The highest BCUT2D eigenvalue weighted by Crippen LogP contribution is 2.21. The van der Waals surface area contributed by atoms with Gasteiger partial charge in [0.1, 0.15) is 5.82 Å². The van der Waals surface area contributed by atoms with Gasteiger partial charge in [0, 0.05) is 25.8 Å². The van der Waals surface area contributed by atoms with Gasteiger partial charge in [-0.05, 0) is 25.3 Å². The summed E-state index contributed by atoms with van der Waals surface area (Å²) in [5.41, 5.74) is 0. The van der Waals surface area contributed by atoms with Gasteiger partial charge < -0.3 is 21.1 Å². The number of anilines is 1. The Kier molecular flexibility index (Phi) is 8.30. The molecular weight excluding hydrogens is 327 g/mol. The third-order valence-corrected chi connectivity index (χ3v) is 3.36. The molecule has 0 aliphatic heterocycles. The first kappa shape index (κ1) is 18.8. The van der Waals surface area contributed by atoms with Crippen molar-refractivity contribution in [3.63, 3.8) is 0 Å². The Bertz CT molecular complexity index is 486. The van der Waals surface area contributed by atoms with E-state index in [-0.39, 0.29) is 18.1 Å². The van der Waals surface area contributed by atoms with Crippen molar-refractivity contribution in [2.75, 3.05) is 25.0 Å². The first-order chi connectivity index (χ1) is 10.4. The van der Waals surface area contributed by atoms with E-state index in [4.69, 9.17) is 23.2 Å². The van der Waals surface area contributed by atoms with Gasteiger partial charge in [-0.2, -0.15) is 0 Å². The standard InChI is InChI=1S/C14H22Cl2N4O2/c1-9(5-10(2)21)7-20-14(22)18-4-3-17-13-12(16)6-11(15)8-19-13/h6,8-10,21H,3-5,7H2,1-2H3,(H,17,19)(H2,18,20,22). The molecule has 124 valence electrons. The summed E-state index contributed by atoms with van der Waals surface area (Å²) in [7, 11) is 0. The molecule has 4 N–H and O–H groups in total. The predicted octanol–water partition coefficient (Wildman–Crippen LogP) is 2.51. The van der Waals surface area contributed by atoms with Gasteiger partial charge in [0.05, 0.1) is 16.1 Å². The molecule has 0 spiro atoms. The van der Waals surface area contributed by atoms with Crippen LogP contribution in [0.3, 0.4) is 0 Å². The average Bonchev–Trinajstić information content (AvgIpc) is 2.42. The van der Waals surface area contributed by atoms with Crippen LogP contribution in [0.1, 0.15) is 20.3 Å². The molecule has 0 aliphatic carbocycles. The molecular formula is C14H22Cl2N4O2. The lowest BCUT2D eigenvalue weighted by atomic mass is 10.1. The molecule has 0 saturated carbocycles. The number of nitrogens with one attached hydrogen (secondary N) is 3. The molecule has 1 heterocycles. The minimum absolute atomic E-state index is 0.223. The van der Waals surface area contributed by atoms with Crippen LogP contribution in [0.2, 0.25) is 10.0 Å². The van der Waals surface area contributed by atoms with Crippen molar-refractivity contribution in [1.82, 2.24) is 15.6 Å². The smallest absolute Gasteiger partial charge is 0.314 e. The summed E-state index contributed by atoms with van der Waals surface area (Å²) in [6.45, 7) is 5.15. The number of nitrogens with zero attached hydrogens (tertiary/aromatic N) is 1. The van der Waals surface area contributed by atoms with Crippen molar-refractivity contribution in [2.24, 2.45) is 5.92 Å². The SMILES string of the molecule is CC(O)CC(C)CNC(=O)NCCNc1ncc(Cl)cc1Cl. The molecule has 22 heavy (non-hydrogen) atoms. The van der Waals surface area contributed by atoms with Crippen LogP contribution in [0.25, 0.3) is 0 Å². The van der Waals surface area contributed by atoms with Crippen molar-refractivity contribution in [3.8, 4) is 0 Å². The summed E-state index contributed by atoms with van der Waals surface area (Å²) in [6, 6.07) is 1.36. The summed E-state index contributed by atoms with van der Waals surface area (Å²) < 4.78 is 0. The number of hydrogen-bond donors (Lipinski definition) is 4. The lowest BCUT2D eigenvalue weighted by Crippen LogP contribution is -2.40. The summed E-state index contributed by atoms with van der Waals surface area (Å²) in [6.07, 6.45) is 1.79. The van der Waals surface area contributed by atoms with Crippen LogP contribution in [-0.2, 0) is 0 Å². The van der Waals surface area contributed by atoms with Crippen molar-refractivity contribution in [3.05, 3.63) is 22.3 Å². The highest BCUT2D eigenvalue weighted by Gasteiger charge is 2.08. The number of hydrogen-bond acceptors (Lipinski definition) is 4. The summed E-state index contributed by atoms with van der Waals surface area (Å²) in [5, 5.41) is 18.6. The maximum absolute atomic E-state index is 11.6. The van der Waals surface area contributed by atoms with Crippen molar-refractivity contribution in [1.29, 1.82) is 0 Å². The molecule has 1 rings (SSSR count).